The van der Waals surface area contributed by atoms with Crippen LogP contribution in [0.4, 0.5) is 5.69 Å². The van der Waals surface area contributed by atoms with E-state index in [1.54, 1.807) is 36.4 Å². The average molecular weight is 382 g/mol. The van der Waals surface area contributed by atoms with E-state index < -0.39 is 5.91 Å². The van der Waals surface area contributed by atoms with Gasteiger partial charge in [-0.05, 0) is 53.9 Å². The van der Waals surface area contributed by atoms with Crippen molar-refractivity contribution < 1.29 is 14.6 Å². The molecule has 0 atom stereocenters. The molecule has 0 saturated carbocycles. The highest BCUT2D eigenvalue weighted by atomic mass is 35.5. The summed E-state index contributed by atoms with van der Waals surface area (Å²) in [4.78, 5) is 12.7. The van der Waals surface area contributed by atoms with Crippen LogP contribution in [-0.4, -0.2) is 17.6 Å². The number of amides is 1. The molecule has 0 aliphatic rings. The van der Waals surface area contributed by atoms with Crippen LogP contribution in [0.2, 0.25) is 5.02 Å². The lowest BCUT2D eigenvalue weighted by molar-refractivity contribution is 0.102. The molecule has 3 rings (SSSR count). The van der Waals surface area contributed by atoms with Crippen molar-refractivity contribution in [1.29, 1.82) is 0 Å². The number of carbonyl (C=O) groups is 1. The Balaban J connectivity index is 1.83. The summed E-state index contributed by atoms with van der Waals surface area (Å²) in [6.07, 6.45) is 0.927. The van der Waals surface area contributed by atoms with E-state index in [4.69, 9.17) is 16.3 Å². The van der Waals surface area contributed by atoms with E-state index in [1.807, 2.05) is 37.3 Å². The number of carbonyl (C=O) groups excluding carboxylic acids is 1. The molecule has 3 aromatic carbocycles. The molecule has 0 fully saturated rings. The van der Waals surface area contributed by atoms with Crippen LogP contribution in [0, 0.1) is 0 Å². The number of aromatic hydroxyl groups is 1. The molecule has 0 radical (unpaired) electrons. The first kappa shape index (κ1) is 18.8. The van der Waals surface area contributed by atoms with Gasteiger partial charge in [-0.25, -0.2) is 0 Å². The van der Waals surface area contributed by atoms with E-state index in [9.17, 15) is 9.90 Å². The molecule has 3 aromatic rings. The van der Waals surface area contributed by atoms with Gasteiger partial charge in [-0.15, -0.1) is 0 Å². The zero-order valence-corrected chi connectivity index (χ0v) is 15.7. The number of hydrogen-bond acceptors (Lipinski definition) is 3. The standard InChI is InChI=1S/C22H20ClNO3/c1-2-12-27-18-10-8-17(9-11-18)24-22(26)19-13-16(14-20(23)21(19)25)15-6-4-3-5-7-15/h3-11,13-14,25H,2,12H2,1H3,(H,24,26). The Kier molecular flexibility index (Phi) is 5.99. The maximum absolute atomic E-state index is 12.7. The number of halogens is 1. The quantitative estimate of drug-likeness (QED) is 0.571. The maximum Gasteiger partial charge on any atom is 0.259 e. The van der Waals surface area contributed by atoms with Gasteiger partial charge in [0.15, 0.2) is 0 Å². The fourth-order valence-electron chi connectivity index (χ4n) is 2.62. The van der Waals surface area contributed by atoms with Crippen molar-refractivity contribution in [3.05, 3.63) is 77.3 Å². The van der Waals surface area contributed by atoms with Gasteiger partial charge in [0.05, 0.1) is 17.2 Å². The number of rotatable bonds is 6. The second-order valence-electron chi connectivity index (χ2n) is 6.05. The van der Waals surface area contributed by atoms with Crippen LogP contribution in [0.25, 0.3) is 11.1 Å². The Hall–Kier alpha value is -2.98. The normalized spacial score (nSPS) is 10.4. The minimum absolute atomic E-state index is 0.118. The molecule has 1 amide bonds. The van der Waals surface area contributed by atoms with Crippen molar-refractivity contribution >= 4 is 23.2 Å². The second kappa shape index (κ2) is 8.60. The number of phenols is 1. The fourth-order valence-corrected chi connectivity index (χ4v) is 2.84. The lowest BCUT2D eigenvalue weighted by atomic mass is 10.0. The Morgan fingerprint density at radius 2 is 1.74 bits per heavy atom. The van der Waals surface area contributed by atoms with Gasteiger partial charge < -0.3 is 15.2 Å². The SMILES string of the molecule is CCCOc1ccc(NC(=O)c2cc(-c3ccccc3)cc(Cl)c2O)cc1. The van der Waals surface area contributed by atoms with Gasteiger partial charge in [-0.3, -0.25) is 4.79 Å². The first-order chi connectivity index (χ1) is 13.1. The number of phenolic OH excluding ortho intramolecular Hbond substituents is 1. The topological polar surface area (TPSA) is 58.6 Å². The maximum atomic E-state index is 12.7. The Morgan fingerprint density at radius 1 is 1.04 bits per heavy atom. The molecule has 4 nitrogen and oxygen atoms in total. The molecule has 0 unspecified atom stereocenters. The Morgan fingerprint density at radius 3 is 2.41 bits per heavy atom. The minimum Gasteiger partial charge on any atom is -0.506 e. The molecule has 0 heterocycles. The van der Waals surface area contributed by atoms with Crippen LogP contribution in [0.15, 0.2) is 66.7 Å². The highest BCUT2D eigenvalue weighted by molar-refractivity contribution is 6.33. The van der Waals surface area contributed by atoms with Gasteiger partial charge in [-0.1, -0.05) is 48.9 Å². The van der Waals surface area contributed by atoms with E-state index in [1.165, 1.54) is 0 Å². The molecule has 0 spiro atoms. The number of ether oxygens (including phenoxy) is 1. The predicted octanol–water partition coefficient (Wildman–Crippen LogP) is 5.75. The van der Waals surface area contributed by atoms with Crippen LogP contribution >= 0.6 is 11.6 Å². The van der Waals surface area contributed by atoms with Crippen LogP contribution in [0.3, 0.4) is 0 Å². The van der Waals surface area contributed by atoms with Crippen molar-refractivity contribution in [3.8, 4) is 22.6 Å². The monoisotopic (exact) mass is 381 g/mol. The highest BCUT2D eigenvalue weighted by Crippen LogP contribution is 2.34. The molecule has 0 aliphatic heterocycles. The van der Waals surface area contributed by atoms with Crippen molar-refractivity contribution in [2.45, 2.75) is 13.3 Å². The molecule has 5 heteroatoms. The summed E-state index contributed by atoms with van der Waals surface area (Å²) in [6, 6.07) is 19.9. The average Bonchev–Trinajstić information content (AvgIpc) is 2.70. The van der Waals surface area contributed by atoms with Gasteiger partial charge in [-0.2, -0.15) is 0 Å². The second-order valence-corrected chi connectivity index (χ2v) is 6.45. The Bertz CT molecular complexity index is 924. The first-order valence-corrected chi connectivity index (χ1v) is 9.08. The zero-order chi connectivity index (χ0) is 19.2. The van der Waals surface area contributed by atoms with Crippen molar-refractivity contribution in [2.24, 2.45) is 0 Å². The van der Waals surface area contributed by atoms with Gasteiger partial charge in [0, 0.05) is 5.69 Å². The van der Waals surface area contributed by atoms with Gasteiger partial charge in [0.25, 0.3) is 5.91 Å². The van der Waals surface area contributed by atoms with Crippen LogP contribution in [0.5, 0.6) is 11.5 Å². The third-order valence-corrected chi connectivity index (χ3v) is 4.29. The lowest BCUT2D eigenvalue weighted by Gasteiger charge is -2.11. The van der Waals surface area contributed by atoms with E-state index in [2.05, 4.69) is 5.32 Å². The van der Waals surface area contributed by atoms with E-state index in [0.29, 0.717) is 12.3 Å². The zero-order valence-electron chi connectivity index (χ0n) is 14.9. The largest absolute Gasteiger partial charge is 0.506 e. The molecule has 0 saturated heterocycles. The number of benzene rings is 3. The molecule has 0 bridgehead atoms. The number of nitrogens with one attached hydrogen (secondary N) is 1. The summed E-state index contributed by atoms with van der Waals surface area (Å²) in [7, 11) is 0. The van der Waals surface area contributed by atoms with E-state index in [-0.39, 0.29) is 16.3 Å². The smallest absolute Gasteiger partial charge is 0.259 e. The molecule has 0 aliphatic carbocycles. The molecule has 27 heavy (non-hydrogen) atoms. The molecular weight excluding hydrogens is 362 g/mol. The lowest BCUT2D eigenvalue weighted by Crippen LogP contribution is -2.12. The number of anilines is 1. The van der Waals surface area contributed by atoms with Crippen LogP contribution < -0.4 is 10.1 Å². The van der Waals surface area contributed by atoms with Gasteiger partial charge >= 0.3 is 0 Å². The first-order valence-electron chi connectivity index (χ1n) is 8.70. The third kappa shape index (κ3) is 4.60. The summed E-state index contributed by atoms with van der Waals surface area (Å²) in [5, 5.41) is 13.2. The van der Waals surface area contributed by atoms with Crippen LogP contribution in [0.1, 0.15) is 23.7 Å². The molecule has 2 N–H and O–H groups in total. The molecular formula is C22H20ClNO3. The van der Waals surface area contributed by atoms with Crippen molar-refractivity contribution in [3.63, 3.8) is 0 Å². The molecule has 138 valence electrons. The predicted molar refractivity (Wildman–Crippen MR) is 109 cm³/mol. The van der Waals surface area contributed by atoms with Crippen molar-refractivity contribution in [1.82, 2.24) is 0 Å². The molecule has 0 aromatic heterocycles. The number of hydrogen-bond donors (Lipinski definition) is 2. The van der Waals surface area contributed by atoms with Crippen LogP contribution in [-0.2, 0) is 0 Å². The Labute approximate surface area is 163 Å². The summed E-state index contributed by atoms with van der Waals surface area (Å²) in [6.45, 7) is 2.68. The van der Waals surface area contributed by atoms with Gasteiger partial charge in [0.1, 0.15) is 11.5 Å². The summed E-state index contributed by atoms with van der Waals surface area (Å²) in [5.74, 6) is 0.0676. The van der Waals surface area contributed by atoms with Crippen molar-refractivity contribution in [2.75, 3.05) is 11.9 Å². The third-order valence-electron chi connectivity index (χ3n) is 4.00. The summed E-state index contributed by atoms with van der Waals surface area (Å²) in [5.41, 5.74) is 2.38. The van der Waals surface area contributed by atoms with Gasteiger partial charge in [0.2, 0.25) is 0 Å². The highest BCUT2D eigenvalue weighted by Gasteiger charge is 2.16. The summed E-state index contributed by atoms with van der Waals surface area (Å²) >= 11 is 6.14. The summed E-state index contributed by atoms with van der Waals surface area (Å²) < 4.78 is 5.53. The van der Waals surface area contributed by atoms with E-state index in [0.717, 1.165) is 23.3 Å². The van der Waals surface area contributed by atoms with E-state index >= 15 is 0 Å². The fraction of sp³-hybridized carbons (Fsp3) is 0.136. The minimum atomic E-state index is -0.436.